The van der Waals surface area contributed by atoms with Gasteiger partial charge in [-0.2, -0.15) is 0 Å². The van der Waals surface area contributed by atoms with Gasteiger partial charge in [-0.15, -0.1) is 0 Å². The first-order valence-corrected chi connectivity index (χ1v) is 8.68. The van der Waals surface area contributed by atoms with Crippen molar-refractivity contribution in [3.05, 3.63) is 33.8 Å². The molecule has 1 aliphatic heterocycles. The summed E-state index contributed by atoms with van der Waals surface area (Å²) >= 11 is 3.61. The molecule has 1 aromatic carbocycles. The van der Waals surface area contributed by atoms with Crippen LogP contribution in [0.25, 0.3) is 0 Å². The summed E-state index contributed by atoms with van der Waals surface area (Å²) in [5.41, 5.74) is 3.27. The first kappa shape index (κ1) is 15.5. The maximum Gasteiger partial charge on any atom is 0.0558 e. The molecule has 21 heavy (non-hydrogen) atoms. The minimum atomic E-state index is 0.256. The van der Waals surface area contributed by atoms with E-state index in [2.05, 4.69) is 57.8 Å². The third kappa shape index (κ3) is 3.04. The van der Waals surface area contributed by atoms with Crippen LogP contribution in [0.1, 0.15) is 37.4 Å². The maximum atomic E-state index is 9.06. The van der Waals surface area contributed by atoms with Crippen LogP contribution >= 0.6 is 15.9 Å². The van der Waals surface area contributed by atoms with Crippen molar-refractivity contribution in [2.45, 2.75) is 31.7 Å². The fourth-order valence-corrected chi connectivity index (χ4v) is 4.24. The number of halogens is 1. The highest BCUT2D eigenvalue weighted by Crippen LogP contribution is 2.48. The molecule has 1 heterocycles. The molecule has 116 valence electrons. The molecule has 0 amide bonds. The number of nitrogens with zero attached hydrogens (tertiary/aromatic N) is 2. The van der Waals surface area contributed by atoms with Crippen molar-refractivity contribution >= 4 is 15.9 Å². The molecule has 1 atom stereocenters. The zero-order chi connectivity index (χ0) is 15.0. The molecule has 1 aromatic rings. The monoisotopic (exact) mass is 352 g/mol. The van der Waals surface area contributed by atoms with Gasteiger partial charge in [0.1, 0.15) is 0 Å². The number of aliphatic hydroxyl groups excluding tert-OH is 1. The number of fused-ring (bicyclic) bond motifs is 1. The van der Waals surface area contributed by atoms with Crippen LogP contribution in [0.4, 0.5) is 0 Å². The van der Waals surface area contributed by atoms with Crippen molar-refractivity contribution < 1.29 is 5.11 Å². The summed E-state index contributed by atoms with van der Waals surface area (Å²) < 4.78 is 1.18. The van der Waals surface area contributed by atoms with E-state index in [9.17, 15) is 0 Å². The Hall–Kier alpha value is -0.420. The van der Waals surface area contributed by atoms with E-state index in [1.165, 1.54) is 22.0 Å². The van der Waals surface area contributed by atoms with Gasteiger partial charge in [0.25, 0.3) is 0 Å². The summed E-state index contributed by atoms with van der Waals surface area (Å²) in [7, 11) is 0. The van der Waals surface area contributed by atoms with E-state index in [1.54, 1.807) is 0 Å². The van der Waals surface area contributed by atoms with Crippen LogP contribution in [0.5, 0.6) is 0 Å². The standard InChI is InChI=1S/C17H25BrN2O/c1-17(2)12-16(14-4-3-13(18)11-15(14)17)20-7-5-19(6-8-20)9-10-21/h3-4,11,16,21H,5-10,12H2,1-2H3. The van der Waals surface area contributed by atoms with Gasteiger partial charge in [0.05, 0.1) is 6.61 Å². The zero-order valence-corrected chi connectivity index (χ0v) is 14.6. The van der Waals surface area contributed by atoms with E-state index < -0.39 is 0 Å². The Morgan fingerprint density at radius 2 is 1.95 bits per heavy atom. The summed E-state index contributed by atoms with van der Waals surface area (Å²) in [5, 5.41) is 9.06. The average molecular weight is 353 g/mol. The molecule has 1 unspecified atom stereocenters. The first-order chi connectivity index (χ1) is 10.0. The number of hydrogen-bond donors (Lipinski definition) is 1. The molecule has 3 rings (SSSR count). The van der Waals surface area contributed by atoms with Crippen LogP contribution in [-0.4, -0.2) is 54.2 Å². The molecular weight excluding hydrogens is 328 g/mol. The van der Waals surface area contributed by atoms with Crippen LogP contribution in [-0.2, 0) is 5.41 Å². The second-order valence-corrected chi connectivity index (χ2v) is 7.85. The largest absolute Gasteiger partial charge is 0.395 e. The van der Waals surface area contributed by atoms with E-state index in [4.69, 9.17) is 5.11 Å². The molecule has 2 aliphatic rings. The van der Waals surface area contributed by atoms with Gasteiger partial charge in [-0.1, -0.05) is 35.8 Å². The highest BCUT2D eigenvalue weighted by atomic mass is 79.9. The van der Waals surface area contributed by atoms with Crippen LogP contribution < -0.4 is 0 Å². The van der Waals surface area contributed by atoms with Crippen molar-refractivity contribution in [3.8, 4) is 0 Å². The predicted molar refractivity (Wildman–Crippen MR) is 89.6 cm³/mol. The lowest BCUT2D eigenvalue weighted by Crippen LogP contribution is -2.48. The Kier molecular flexibility index (Phi) is 4.42. The summed E-state index contributed by atoms with van der Waals surface area (Å²) in [4.78, 5) is 4.99. The second-order valence-electron chi connectivity index (χ2n) is 6.94. The molecule has 1 saturated heterocycles. The molecule has 0 bridgehead atoms. The topological polar surface area (TPSA) is 26.7 Å². The van der Waals surface area contributed by atoms with Crippen molar-refractivity contribution in [1.29, 1.82) is 0 Å². The predicted octanol–water partition coefficient (Wildman–Crippen LogP) is 2.78. The van der Waals surface area contributed by atoms with Crippen molar-refractivity contribution in [1.82, 2.24) is 9.80 Å². The summed E-state index contributed by atoms with van der Waals surface area (Å²) in [6.07, 6.45) is 1.21. The normalized spacial score (nSPS) is 26.0. The molecule has 1 fully saturated rings. The average Bonchev–Trinajstić information content (AvgIpc) is 2.72. The minimum absolute atomic E-state index is 0.256. The van der Waals surface area contributed by atoms with Gasteiger partial charge in [0.15, 0.2) is 0 Å². The van der Waals surface area contributed by atoms with E-state index in [0.717, 1.165) is 32.7 Å². The van der Waals surface area contributed by atoms with Gasteiger partial charge in [0, 0.05) is 43.2 Å². The lowest BCUT2D eigenvalue weighted by molar-refractivity contribution is 0.0792. The molecule has 0 radical (unpaired) electrons. The van der Waals surface area contributed by atoms with Crippen molar-refractivity contribution in [2.75, 3.05) is 39.3 Å². The van der Waals surface area contributed by atoms with Crippen LogP contribution in [0.15, 0.2) is 22.7 Å². The minimum Gasteiger partial charge on any atom is -0.395 e. The molecule has 0 spiro atoms. The molecule has 1 N–H and O–H groups in total. The molecule has 0 saturated carbocycles. The Morgan fingerprint density at radius 3 is 2.62 bits per heavy atom. The molecular formula is C17H25BrN2O. The molecule has 0 aromatic heterocycles. The van der Waals surface area contributed by atoms with Gasteiger partial charge in [0.2, 0.25) is 0 Å². The smallest absolute Gasteiger partial charge is 0.0558 e. The third-order valence-electron chi connectivity index (χ3n) is 5.07. The van der Waals surface area contributed by atoms with Gasteiger partial charge in [-0.3, -0.25) is 9.80 Å². The Morgan fingerprint density at radius 1 is 1.24 bits per heavy atom. The van der Waals surface area contributed by atoms with Crippen molar-refractivity contribution in [2.24, 2.45) is 0 Å². The molecule has 3 nitrogen and oxygen atoms in total. The van der Waals surface area contributed by atoms with Crippen LogP contribution in [0.2, 0.25) is 0 Å². The van der Waals surface area contributed by atoms with Gasteiger partial charge >= 0.3 is 0 Å². The molecule has 4 heteroatoms. The summed E-state index contributed by atoms with van der Waals surface area (Å²) in [6, 6.07) is 7.34. The Balaban J connectivity index is 1.77. The number of β-amino-alcohol motifs (C(OH)–C–C–N with tert-alkyl or cyclic N) is 1. The number of piperazine rings is 1. The van der Waals surface area contributed by atoms with E-state index in [1.807, 2.05) is 0 Å². The number of benzene rings is 1. The van der Waals surface area contributed by atoms with E-state index >= 15 is 0 Å². The first-order valence-electron chi connectivity index (χ1n) is 7.88. The fourth-order valence-electron chi connectivity index (χ4n) is 3.87. The van der Waals surface area contributed by atoms with E-state index in [0.29, 0.717) is 6.04 Å². The quantitative estimate of drug-likeness (QED) is 0.905. The van der Waals surface area contributed by atoms with Gasteiger partial charge in [-0.05, 0) is 35.1 Å². The Bertz CT molecular complexity index is 510. The maximum absolute atomic E-state index is 9.06. The van der Waals surface area contributed by atoms with Crippen LogP contribution in [0.3, 0.4) is 0 Å². The summed E-state index contributed by atoms with van der Waals surface area (Å²) in [6.45, 7) is 10.2. The highest BCUT2D eigenvalue weighted by molar-refractivity contribution is 9.10. The SMILES string of the molecule is CC1(C)CC(N2CCN(CCO)CC2)c2ccc(Br)cc21. The van der Waals surface area contributed by atoms with Crippen LogP contribution in [0, 0.1) is 0 Å². The zero-order valence-electron chi connectivity index (χ0n) is 13.0. The lowest BCUT2D eigenvalue weighted by atomic mass is 9.86. The lowest BCUT2D eigenvalue weighted by Gasteiger charge is -2.38. The number of hydrogen-bond acceptors (Lipinski definition) is 3. The van der Waals surface area contributed by atoms with Gasteiger partial charge in [-0.25, -0.2) is 0 Å². The van der Waals surface area contributed by atoms with Gasteiger partial charge < -0.3 is 5.11 Å². The fraction of sp³-hybridized carbons (Fsp3) is 0.647. The molecule has 1 aliphatic carbocycles. The van der Waals surface area contributed by atoms with E-state index in [-0.39, 0.29) is 12.0 Å². The Labute approximate surface area is 136 Å². The number of rotatable bonds is 3. The second kappa shape index (κ2) is 5.99. The third-order valence-corrected chi connectivity index (χ3v) is 5.56. The summed E-state index contributed by atoms with van der Waals surface area (Å²) in [5.74, 6) is 0. The van der Waals surface area contributed by atoms with Crippen molar-refractivity contribution in [3.63, 3.8) is 0 Å². The highest BCUT2D eigenvalue weighted by Gasteiger charge is 2.40. The number of aliphatic hydroxyl groups is 1.